The second-order valence-electron chi connectivity index (χ2n) is 3.57. The Morgan fingerprint density at radius 2 is 2.32 bits per heavy atom. The topological polar surface area (TPSA) is 110 Å². The van der Waals surface area contributed by atoms with E-state index in [1.807, 2.05) is 0 Å². The lowest BCUT2D eigenvalue weighted by Gasteiger charge is -2.04. The summed E-state index contributed by atoms with van der Waals surface area (Å²) in [6.45, 7) is 0.159. The van der Waals surface area contributed by atoms with E-state index in [1.54, 1.807) is 6.20 Å². The summed E-state index contributed by atoms with van der Waals surface area (Å²) < 4.78 is 33.0. The standard InChI is InChI=1S/C9H11BrN4O4S/c10-9-8(5-7(6-15)18-9)19(16,17)12-2-4-14-3-1-11-13-14/h1,3,5,12,15H,2,4,6H2. The highest BCUT2D eigenvalue weighted by Crippen LogP contribution is 2.25. The summed E-state index contributed by atoms with van der Waals surface area (Å²) >= 11 is 3.00. The van der Waals surface area contributed by atoms with Crippen molar-refractivity contribution in [3.63, 3.8) is 0 Å². The maximum Gasteiger partial charge on any atom is 0.245 e. The molecule has 0 bridgehead atoms. The van der Waals surface area contributed by atoms with E-state index in [-0.39, 0.29) is 28.5 Å². The number of halogens is 1. The molecule has 0 atom stereocenters. The number of nitrogens with one attached hydrogen (secondary N) is 1. The number of rotatable bonds is 6. The highest BCUT2D eigenvalue weighted by Gasteiger charge is 2.21. The van der Waals surface area contributed by atoms with Crippen molar-refractivity contribution in [3.8, 4) is 0 Å². The van der Waals surface area contributed by atoms with E-state index in [0.29, 0.717) is 6.54 Å². The molecule has 0 aromatic carbocycles. The van der Waals surface area contributed by atoms with Crippen LogP contribution in [0.4, 0.5) is 0 Å². The van der Waals surface area contributed by atoms with E-state index in [0.717, 1.165) is 0 Å². The van der Waals surface area contributed by atoms with Gasteiger partial charge in [-0.15, -0.1) is 5.10 Å². The minimum Gasteiger partial charge on any atom is -0.450 e. The van der Waals surface area contributed by atoms with Crippen LogP contribution in [-0.4, -0.2) is 35.1 Å². The van der Waals surface area contributed by atoms with Crippen LogP contribution >= 0.6 is 15.9 Å². The van der Waals surface area contributed by atoms with E-state index < -0.39 is 10.0 Å². The molecule has 0 saturated heterocycles. The molecule has 0 amide bonds. The molecule has 2 aromatic heterocycles. The second kappa shape index (κ2) is 5.82. The van der Waals surface area contributed by atoms with Gasteiger partial charge < -0.3 is 9.52 Å². The first-order chi connectivity index (χ1) is 9.03. The van der Waals surface area contributed by atoms with Crippen LogP contribution in [0.5, 0.6) is 0 Å². The molecule has 104 valence electrons. The van der Waals surface area contributed by atoms with Gasteiger partial charge >= 0.3 is 0 Å². The fourth-order valence-corrected chi connectivity index (χ4v) is 3.40. The van der Waals surface area contributed by atoms with Gasteiger partial charge in [-0.3, -0.25) is 4.68 Å². The summed E-state index contributed by atoms with van der Waals surface area (Å²) in [6.07, 6.45) is 3.14. The van der Waals surface area contributed by atoms with Crippen molar-refractivity contribution in [2.75, 3.05) is 6.54 Å². The highest BCUT2D eigenvalue weighted by atomic mass is 79.9. The van der Waals surface area contributed by atoms with E-state index in [2.05, 4.69) is 31.0 Å². The van der Waals surface area contributed by atoms with E-state index in [1.165, 1.54) is 16.9 Å². The lowest BCUT2D eigenvalue weighted by Crippen LogP contribution is -2.27. The first kappa shape index (κ1) is 14.2. The van der Waals surface area contributed by atoms with Crippen molar-refractivity contribution in [1.82, 2.24) is 19.7 Å². The zero-order chi connectivity index (χ0) is 13.9. The van der Waals surface area contributed by atoms with Crippen molar-refractivity contribution in [1.29, 1.82) is 0 Å². The van der Waals surface area contributed by atoms with Gasteiger partial charge in [0, 0.05) is 18.8 Å². The van der Waals surface area contributed by atoms with Gasteiger partial charge in [-0.1, -0.05) is 5.21 Å². The fraction of sp³-hybridized carbons (Fsp3) is 0.333. The molecule has 2 rings (SSSR count). The lowest BCUT2D eigenvalue weighted by atomic mass is 10.5. The third-order valence-corrected chi connectivity index (χ3v) is 4.57. The number of furan rings is 1. The van der Waals surface area contributed by atoms with Crippen molar-refractivity contribution in [2.24, 2.45) is 0 Å². The first-order valence-electron chi connectivity index (χ1n) is 5.26. The van der Waals surface area contributed by atoms with Crippen molar-refractivity contribution in [3.05, 3.63) is 28.9 Å². The molecule has 0 saturated carbocycles. The number of hydrogen-bond donors (Lipinski definition) is 2. The Balaban J connectivity index is 2.03. The average Bonchev–Trinajstić information content (AvgIpc) is 2.98. The van der Waals surface area contributed by atoms with Crippen LogP contribution in [0, 0.1) is 0 Å². The van der Waals surface area contributed by atoms with E-state index in [9.17, 15) is 8.42 Å². The number of hydrogen-bond acceptors (Lipinski definition) is 6. The van der Waals surface area contributed by atoms with Gasteiger partial charge in [0.15, 0.2) is 4.67 Å². The van der Waals surface area contributed by atoms with Gasteiger partial charge in [0.2, 0.25) is 10.0 Å². The molecule has 0 radical (unpaired) electrons. The first-order valence-corrected chi connectivity index (χ1v) is 7.53. The minimum absolute atomic E-state index is 0.0462. The molecule has 8 nitrogen and oxygen atoms in total. The third kappa shape index (κ3) is 3.41. The molecule has 0 aliphatic carbocycles. The quantitative estimate of drug-likeness (QED) is 0.764. The maximum absolute atomic E-state index is 12.0. The van der Waals surface area contributed by atoms with Gasteiger partial charge in [-0.2, -0.15) is 0 Å². The molecule has 19 heavy (non-hydrogen) atoms. The molecule has 0 unspecified atom stereocenters. The molecule has 0 fully saturated rings. The summed E-state index contributed by atoms with van der Waals surface area (Å²) in [5, 5.41) is 16.2. The van der Waals surface area contributed by atoms with Crippen molar-refractivity contribution in [2.45, 2.75) is 18.0 Å². The molecule has 2 aromatic rings. The van der Waals surface area contributed by atoms with Crippen molar-refractivity contribution < 1.29 is 17.9 Å². The van der Waals surface area contributed by atoms with Crippen LogP contribution in [0.1, 0.15) is 5.76 Å². The third-order valence-electron chi connectivity index (χ3n) is 2.26. The van der Waals surface area contributed by atoms with Gasteiger partial charge in [-0.25, -0.2) is 13.1 Å². The Hall–Kier alpha value is -1.23. The van der Waals surface area contributed by atoms with Gasteiger partial charge in [-0.05, 0) is 15.9 Å². The van der Waals surface area contributed by atoms with Crippen LogP contribution in [0.2, 0.25) is 0 Å². The Bertz CT molecular complexity index is 637. The molecular weight excluding hydrogens is 340 g/mol. The molecule has 0 aliphatic heterocycles. The Labute approximate surface area is 117 Å². The van der Waals surface area contributed by atoms with Gasteiger partial charge in [0.05, 0.1) is 12.7 Å². The average molecular weight is 351 g/mol. The van der Waals surface area contributed by atoms with Crippen LogP contribution in [0.15, 0.2) is 32.4 Å². The summed E-state index contributed by atoms with van der Waals surface area (Å²) in [6, 6.07) is 1.27. The Morgan fingerprint density at radius 3 is 2.89 bits per heavy atom. The minimum atomic E-state index is -3.70. The van der Waals surface area contributed by atoms with E-state index in [4.69, 9.17) is 9.52 Å². The smallest absolute Gasteiger partial charge is 0.245 e. The summed E-state index contributed by atoms with van der Waals surface area (Å²) in [4.78, 5) is -0.0462. The summed E-state index contributed by atoms with van der Waals surface area (Å²) in [7, 11) is -3.70. The number of aromatic nitrogens is 3. The van der Waals surface area contributed by atoms with E-state index >= 15 is 0 Å². The molecule has 10 heteroatoms. The SMILES string of the molecule is O=S(=O)(NCCn1ccnn1)c1cc(CO)oc1Br. The van der Waals surface area contributed by atoms with Crippen molar-refractivity contribution >= 4 is 26.0 Å². The number of sulfonamides is 1. The van der Waals surface area contributed by atoms with Crippen LogP contribution in [0.3, 0.4) is 0 Å². The molecule has 2 N–H and O–H groups in total. The van der Waals surface area contributed by atoms with Crippen LogP contribution in [-0.2, 0) is 23.2 Å². The van der Waals surface area contributed by atoms with Crippen LogP contribution in [0.25, 0.3) is 0 Å². The fourth-order valence-electron chi connectivity index (χ4n) is 1.38. The molecule has 0 aliphatic rings. The molecule has 2 heterocycles. The zero-order valence-corrected chi connectivity index (χ0v) is 12.1. The highest BCUT2D eigenvalue weighted by molar-refractivity contribution is 9.10. The Morgan fingerprint density at radius 1 is 1.53 bits per heavy atom. The Kier molecular flexibility index (Phi) is 4.34. The zero-order valence-electron chi connectivity index (χ0n) is 9.65. The normalized spacial score (nSPS) is 11.9. The number of aliphatic hydroxyl groups excluding tert-OH is 1. The second-order valence-corrected chi connectivity index (χ2v) is 6.03. The predicted octanol–water partition coefficient (Wildman–Crippen LogP) is 0.104. The lowest BCUT2D eigenvalue weighted by molar-refractivity contribution is 0.245. The predicted molar refractivity (Wildman–Crippen MR) is 67.5 cm³/mol. The van der Waals surface area contributed by atoms with Gasteiger partial charge in [0.25, 0.3) is 0 Å². The number of aliphatic hydroxyl groups is 1. The molecule has 0 spiro atoms. The molecular formula is C9H11BrN4O4S. The number of nitrogens with zero attached hydrogens (tertiary/aromatic N) is 3. The van der Waals surface area contributed by atoms with Gasteiger partial charge in [0.1, 0.15) is 17.3 Å². The largest absolute Gasteiger partial charge is 0.450 e. The van der Waals surface area contributed by atoms with Crippen LogP contribution < -0.4 is 4.72 Å². The summed E-state index contributed by atoms with van der Waals surface area (Å²) in [5.41, 5.74) is 0. The summed E-state index contributed by atoms with van der Waals surface area (Å²) in [5.74, 6) is 0.170. The monoisotopic (exact) mass is 350 g/mol. The maximum atomic E-state index is 12.0.